The molecule has 15 heavy (non-hydrogen) atoms. The molecule has 0 saturated carbocycles. The second-order valence-electron chi connectivity index (χ2n) is 4.30. The van der Waals surface area contributed by atoms with Crippen molar-refractivity contribution in [3.05, 3.63) is 5.82 Å². The standard InChI is InChI=1S/C10H18N4O/c1-7(2)9-13-10(15-14-9)12-8-4-3-5-11-6-8/h7-8,11H,3-6H2,1-2H3,(H,12,13,14). The Hall–Kier alpha value is -1.10. The SMILES string of the molecule is CC(C)c1noc(NC2CCCNC2)n1. The lowest BCUT2D eigenvalue weighted by Crippen LogP contribution is -2.38. The van der Waals surface area contributed by atoms with Gasteiger partial charge in [0.05, 0.1) is 0 Å². The molecule has 1 aromatic heterocycles. The van der Waals surface area contributed by atoms with Gasteiger partial charge in [0.15, 0.2) is 5.82 Å². The molecule has 1 unspecified atom stereocenters. The zero-order valence-electron chi connectivity index (χ0n) is 9.29. The number of anilines is 1. The van der Waals surface area contributed by atoms with Gasteiger partial charge in [-0.3, -0.25) is 0 Å². The molecule has 1 aromatic rings. The van der Waals surface area contributed by atoms with Gasteiger partial charge in [-0.1, -0.05) is 19.0 Å². The Morgan fingerprint density at radius 3 is 3.00 bits per heavy atom. The van der Waals surface area contributed by atoms with Crippen LogP contribution in [0.4, 0.5) is 6.01 Å². The van der Waals surface area contributed by atoms with E-state index in [-0.39, 0.29) is 0 Å². The molecule has 0 aromatic carbocycles. The molecule has 1 aliphatic heterocycles. The van der Waals surface area contributed by atoms with Gasteiger partial charge in [0.2, 0.25) is 0 Å². The van der Waals surface area contributed by atoms with Crippen LogP contribution in [0.3, 0.4) is 0 Å². The van der Waals surface area contributed by atoms with Crippen LogP contribution < -0.4 is 10.6 Å². The highest BCUT2D eigenvalue weighted by Crippen LogP contribution is 2.14. The van der Waals surface area contributed by atoms with Crippen molar-refractivity contribution in [1.82, 2.24) is 15.5 Å². The van der Waals surface area contributed by atoms with Crippen LogP contribution >= 0.6 is 0 Å². The van der Waals surface area contributed by atoms with Crippen LogP contribution in [0.25, 0.3) is 0 Å². The molecule has 0 aliphatic carbocycles. The van der Waals surface area contributed by atoms with E-state index in [1.807, 2.05) is 0 Å². The monoisotopic (exact) mass is 210 g/mol. The fourth-order valence-electron chi connectivity index (χ4n) is 1.68. The normalized spacial score (nSPS) is 21.9. The average Bonchev–Trinajstić information content (AvgIpc) is 2.68. The molecular formula is C10H18N4O. The molecule has 2 heterocycles. The molecule has 1 fully saturated rings. The van der Waals surface area contributed by atoms with E-state index in [1.54, 1.807) is 0 Å². The Bertz CT molecular complexity index is 304. The first-order valence-electron chi connectivity index (χ1n) is 5.56. The van der Waals surface area contributed by atoms with Crippen molar-refractivity contribution < 1.29 is 4.52 Å². The fourth-order valence-corrected chi connectivity index (χ4v) is 1.68. The van der Waals surface area contributed by atoms with Crippen molar-refractivity contribution in [3.63, 3.8) is 0 Å². The van der Waals surface area contributed by atoms with Crippen molar-refractivity contribution in [1.29, 1.82) is 0 Å². The van der Waals surface area contributed by atoms with Crippen LogP contribution in [0.1, 0.15) is 38.4 Å². The predicted molar refractivity (Wildman–Crippen MR) is 57.9 cm³/mol. The summed E-state index contributed by atoms with van der Waals surface area (Å²) >= 11 is 0. The summed E-state index contributed by atoms with van der Waals surface area (Å²) in [6.45, 7) is 6.19. The Kier molecular flexibility index (Phi) is 3.20. The highest BCUT2D eigenvalue weighted by Gasteiger charge is 2.16. The zero-order valence-corrected chi connectivity index (χ0v) is 9.29. The van der Waals surface area contributed by atoms with Gasteiger partial charge in [-0.05, 0) is 19.4 Å². The molecule has 84 valence electrons. The third kappa shape index (κ3) is 2.68. The van der Waals surface area contributed by atoms with Gasteiger partial charge >= 0.3 is 6.01 Å². The van der Waals surface area contributed by atoms with E-state index in [1.165, 1.54) is 6.42 Å². The highest BCUT2D eigenvalue weighted by molar-refractivity contribution is 5.21. The summed E-state index contributed by atoms with van der Waals surface area (Å²) < 4.78 is 5.13. The van der Waals surface area contributed by atoms with Gasteiger partial charge in [-0.25, -0.2) is 0 Å². The summed E-state index contributed by atoms with van der Waals surface area (Å²) in [4.78, 5) is 4.29. The van der Waals surface area contributed by atoms with Crippen LogP contribution in [-0.2, 0) is 0 Å². The first-order chi connectivity index (χ1) is 7.25. The van der Waals surface area contributed by atoms with Crippen LogP contribution in [0.5, 0.6) is 0 Å². The summed E-state index contributed by atoms with van der Waals surface area (Å²) in [7, 11) is 0. The first kappa shape index (κ1) is 10.4. The largest absolute Gasteiger partial charge is 0.334 e. The van der Waals surface area contributed by atoms with Gasteiger partial charge in [0, 0.05) is 18.5 Å². The second-order valence-corrected chi connectivity index (χ2v) is 4.30. The Balaban J connectivity index is 1.91. The summed E-state index contributed by atoms with van der Waals surface area (Å²) in [6, 6.07) is 0.964. The van der Waals surface area contributed by atoms with Crippen molar-refractivity contribution in [2.24, 2.45) is 0 Å². The predicted octanol–water partition coefficient (Wildman–Crippen LogP) is 1.36. The molecule has 0 radical (unpaired) electrons. The maximum absolute atomic E-state index is 5.13. The maximum Gasteiger partial charge on any atom is 0.321 e. The van der Waals surface area contributed by atoms with E-state index in [0.29, 0.717) is 18.0 Å². The molecule has 5 heteroatoms. The number of aromatic nitrogens is 2. The minimum absolute atomic E-state index is 0.314. The Morgan fingerprint density at radius 1 is 1.53 bits per heavy atom. The smallest absolute Gasteiger partial charge is 0.321 e. The molecule has 5 nitrogen and oxygen atoms in total. The quantitative estimate of drug-likeness (QED) is 0.788. The van der Waals surface area contributed by atoms with Gasteiger partial charge < -0.3 is 15.2 Å². The fraction of sp³-hybridized carbons (Fsp3) is 0.800. The molecule has 2 rings (SSSR count). The topological polar surface area (TPSA) is 63.0 Å². The van der Waals surface area contributed by atoms with Gasteiger partial charge in [-0.2, -0.15) is 4.98 Å². The zero-order chi connectivity index (χ0) is 10.7. The number of rotatable bonds is 3. The maximum atomic E-state index is 5.13. The van der Waals surface area contributed by atoms with E-state index in [9.17, 15) is 0 Å². The van der Waals surface area contributed by atoms with Crippen molar-refractivity contribution in [3.8, 4) is 0 Å². The molecule has 2 N–H and O–H groups in total. The van der Waals surface area contributed by atoms with E-state index in [2.05, 4.69) is 34.6 Å². The van der Waals surface area contributed by atoms with E-state index in [4.69, 9.17) is 4.52 Å². The Labute approximate surface area is 89.6 Å². The van der Waals surface area contributed by atoms with Crippen LogP contribution in [0.15, 0.2) is 4.52 Å². The summed E-state index contributed by atoms with van der Waals surface area (Å²) in [5.74, 6) is 1.08. The van der Waals surface area contributed by atoms with Gasteiger partial charge in [-0.15, -0.1) is 0 Å². The lowest BCUT2D eigenvalue weighted by molar-refractivity contribution is 0.404. The lowest BCUT2D eigenvalue weighted by Gasteiger charge is -2.22. The van der Waals surface area contributed by atoms with Crippen molar-refractivity contribution in [2.75, 3.05) is 18.4 Å². The number of nitrogens with one attached hydrogen (secondary N) is 2. The minimum atomic E-state index is 0.314. The third-order valence-electron chi connectivity index (χ3n) is 2.58. The molecule has 1 aliphatic rings. The van der Waals surface area contributed by atoms with Crippen LogP contribution in [0.2, 0.25) is 0 Å². The van der Waals surface area contributed by atoms with Gasteiger partial charge in [0.1, 0.15) is 0 Å². The van der Waals surface area contributed by atoms with Crippen molar-refractivity contribution >= 4 is 6.01 Å². The lowest BCUT2D eigenvalue weighted by atomic mass is 10.1. The Morgan fingerprint density at radius 2 is 2.40 bits per heavy atom. The number of piperidine rings is 1. The summed E-state index contributed by atoms with van der Waals surface area (Å²) in [5, 5.41) is 10.5. The van der Waals surface area contributed by atoms with E-state index in [0.717, 1.165) is 25.3 Å². The van der Waals surface area contributed by atoms with Crippen LogP contribution in [0, 0.1) is 0 Å². The van der Waals surface area contributed by atoms with Crippen LogP contribution in [-0.4, -0.2) is 29.3 Å². The van der Waals surface area contributed by atoms with Crippen molar-refractivity contribution in [2.45, 2.75) is 38.6 Å². The average molecular weight is 210 g/mol. The summed E-state index contributed by atoms with van der Waals surface area (Å²) in [5.41, 5.74) is 0. The van der Waals surface area contributed by atoms with Gasteiger partial charge in [0.25, 0.3) is 0 Å². The highest BCUT2D eigenvalue weighted by atomic mass is 16.5. The number of nitrogens with zero attached hydrogens (tertiary/aromatic N) is 2. The molecule has 1 saturated heterocycles. The minimum Gasteiger partial charge on any atom is -0.334 e. The molecule has 0 amide bonds. The molecule has 0 spiro atoms. The van der Waals surface area contributed by atoms with E-state index >= 15 is 0 Å². The summed E-state index contributed by atoms with van der Waals surface area (Å²) in [6.07, 6.45) is 2.36. The number of hydrogen-bond acceptors (Lipinski definition) is 5. The third-order valence-corrected chi connectivity index (χ3v) is 2.58. The molecule has 0 bridgehead atoms. The van der Waals surface area contributed by atoms with E-state index < -0.39 is 0 Å². The first-order valence-corrected chi connectivity index (χ1v) is 5.56. The molecular weight excluding hydrogens is 192 g/mol. The second kappa shape index (κ2) is 4.61. The number of hydrogen-bond donors (Lipinski definition) is 2. The molecule has 1 atom stereocenters.